The second kappa shape index (κ2) is 8.08. The summed E-state index contributed by atoms with van der Waals surface area (Å²) in [7, 11) is 0. The largest absolute Gasteiger partial charge is 0.357 e. The highest BCUT2D eigenvalue weighted by molar-refractivity contribution is 5.79. The van der Waals surface area contributed by atoms with Crippen LogP contribution in [0.5, 0.6) is 0 Å². The molecule has 0 saturated carbocycles. The smallest absolute Gasteiger partial charge is 0.191 e. The predicted molar refractivity (Wildman–Crippen MR) is 110 cm³/mol. The molecule has 28 heavy (non-hydrogen) atoms. The van der Waals surface area contributed by atoms with E-state index in [1.807, 2.05) is 53.9 Å². The first-order valence-corrected chi connectivity index (χ1v) is 9.49. The van der Waals surface area contributed by atoms with Gasteiger partial charge >= 0.3 is 0 Å². The Kier molecular flexibility index (Phi) is 5.18. The minimum absolute atomic E-state index is 0.452. The van der Waals surface area contributed by atoms with Crippen molar-refractivity contribution < 1.29 is 0 Å². The van der Waals surface area contributed by atoms with E-state index in [2.05, 4.69) is 48.4 Å². The van der Waals surface area contributed by atoms with Crippen LogP contribution in [0.3, 0.4) is 0 Å². The van der Waals surface area contributed by atoms with E-state index in [1.165, 1.54) is 0 Å². The summed E-state index contributed by atoms with van der Waals surface area (Å²) >= 11 is 0. The Morgan fingerprint density at radius 2 is 1.93 bits per heavy atom. The van der Waals surface area contributed by atoms with Crippen molar-refractivity contribution in [1.82, 2.24) is 34.8 Å². The molecule has 144 valence electrons. The minimum atomic E-state index is 0.452. The second-order valence-electron chi connectivity index (χ2n) is 6.47. The van der Waals surface area contributed by atoms with Gasteiger partial charge in [-0.1, -0.05) is 18.2 Å². The standard InChI is InChI=1S/C20H24N8/c1-3-21-20(23-14-19-26-25-18-10-6-7-12-28(18)19)22-11-13-27-15(2)24-16-8-4-5-9-17(16)27/h4-10,12H,3,11,13-14H2,1-2H3,(H2,21,22,23). The molecule has 0 spiro atoms. The number of benzene rings is 1. The Hall–Kier alpha value is -3.42. The Balaban J connectivity index is 1.43. The number of aromatic nitrogens is 5. The summed E-state index contributed by atoms with van der Waals surface area (Å²) in [6, 6.07) is 14.0. The van der Waals surface area contributed by atoms with Crippen molar-refractivity contribution in [3.8, 4) is 0 Å². The molecule has 3 aromatic heterocycles. The molecule has 1 aromatic carbocycles. The number of aryl methyl sites for hydroxylation is 1. The van der Waals surface area contributed by atoms with E-state index >= 15 is 0 Å². The molecule has 0 saturated heterocycles. The molecule has 0 radical (unpaired) electrons. The Morgan fingerprint density at radius 1 is 1.07 bits per heavy atom. The van der Waals surface area contributed by atoms with Crippen LogP contribution < -0.4 is 10.6 Å². The van der Waals surface area contributed by atoms with E-state index in [4.69, 9.17) is 0 Å². The summed E-state index contributed by atoms with van der Waals surface area (Å²) < 4.78 is 4.17. The molecule has 0 bridgehead atoms. The molecule has 0 aliphatic carbocycles. The summed E-state index contributed by atoms with van der Waals surface area (Å²) in [6.07, 6.45) is 1.95. The Morgan fingerprint density at radius 3 is 2.82 bits per heavy atom. The van der Waals surface area contributed by atoms with Crippen LogP contribution >= 0.6 is 0 Å². The number of fused-ring (bicyclic) bond motifs is 2. The van der Waals surface area contributed by atoms with Crippen LogP contribution in [-0.4, -0.2) is 43.2 Å². The fourth-order valence-electron chi connectivity index (χ4n) is 3.25. The van der Waals surface area contributed by atoms with Gasteiger partial charge in [0.15, 0.2) is 17.4 Å². The quantitative estimate of drug-likeness (QED) is 0.398. The van der Waals surface area contributed by atoms with E-state index < -0.39 is 0 Å². The summed E-state index contributed by atoms with van der Waals surface area (Å²) in [5.74, 6) is 2.58. The molecular weight excluding hydrogens is 352 g/mol. The third kappa shape index (κ3) is 3.66. The van der Waals surface area contributed by atoms with Crippen molar-refractivity contribution in [2.45, 2.75) is 26.9 Å². The lowest BCUT2D eigenvalue weighted by atomic mass is 10.3. The van der Waals surface area contributed by atoms with Gasteiger partial charge in [-0.3, -0.25) is 4.40 Å². The van der Waals surface area contributed by atoms with E-state index in [9.17, 15) is 0 Å². The van der Waals surface area contributed by atoms with E-state index in [0.29, 0.717) is 6.54 Å². The van der Waals surface area contributed by atoms with E-state index in [1.54, 1.807) is 0 Å². The number of aliphatic imine (C=N–C) groups is 1. The molecule has 8 nitrogen and oxygen atoms in total. The Labute approximate surface area is 163 Å². The number of pyridine rings is 1. The number of para-hydroxylation sites is 2. The van der Waals surface area contributed by atoms with E-state index in [-0.39, 0.29) is 0 Å². The normalized spacial score (nSPS) is 12.0. The molecule has 2 N–H and O–H groups in total. The molecule has 0 unspecified atom stereocenters. The highest BCUT2D eigenvalue weighted by Gasteiger charge is 2.07. The van der Waals surface area contributed by atoms with Crippen LogP contribution in [-0.2, 0) is 13.1 Å². The molecule has 4 rings (SSSR count). The first-order chi connectivity index (χ1) is 13.8. The summed E-state index contributed by atoms with van der Waals surface area (Å²) in [4.78, 5) is 9.27. The van der Waals surface area contributed by atoms with Crippen LogP contribution in [0.1, 0.15) is 18.6 Å². The van der Waals surface area contributed by atoms with Gasteiger partial charge in [0.05, 0.1) is 11.0 Å². The van der Waals surface area contributed by atoms with Crippen molar-refractivity contribution in [2.75, 3.05) is 13.1 Å². The van der Waals surface area contributed by atoms with Crippen LogP contribution in [0.2, 0.25) is 0 Å². The van der Waals surface area contributed by atoms with Gasteiger partial charge < -0.3 is 15.2 Å². The number of hydrogen-bond acceptors (Lipinski definition) is 4. The zero-order chi connectivity index (χ0) is 19.3. The highest BCUT2D eigenvalue weighted by Crippen LogP contribution is 2.14. The average molecular weight is 376 g/mol. The SMILES string of the molecule is CCNC(=NCc1nnc2ccccn12)NCCn1c(C)nc2ccccc21. The van der Waals surface area contributed by atoms with Crippen molar-refractivity contribution in [3.05, 3.63) is 60.3 Å². The molecule has 0 fully saturated rings. The lowest BCUT2D eigenvalue weighted by Gasteiger charge is -2.12. The number of nitrogens with one attached hydrogen (secondary N) is 2. The van der Waals surface area contributed by atoms with Gasteiger partial charge in [0.25, 0.3) is 0 Å². The van der Waals surface area contributed by atoms with Gasteiger partial charge in [0.1, 0.15) is 12.4 Å². The number of guanidine groups is 1. The van der Waals surface area contributed by atoms with Crippen molar-refractivity contribution in [2.24, 2.45) is 4.99 Å². The van der Waals surface area contributed by atoms with Crippen molar-refractivity contribution >= 4 is 22.6 Å². The van der Waals surface area contributed by atoms with Crippen molar-refractivity contribution in [1.29, 1.82) is 0 Å². The summed E-state index contributed by atoms with van der Waals surface area (Å²) in [6.45, 7) is 6.89. The number of imidazole rings is 1. The molecule has 4 aromatic rings. The molecule has 8 heteroatoms. The lowest BCUT2D eigenvalue weighted by Crippen LogP contribution is -2.39. The third-order valence-corrected chi connectivity index (χ3v) is 4.58. The van der Waals surface area contributed by atoms with E-state index in [0.717, 1.165) is 53.9 Å². The molecule has 0 aliphatic heterocycles. The van der Waals surface area contributed by atoms with Crippen molar-refractivity contribution in [3.63, 3.8) is 0 Å². The number of rotatable bonds is 6. The zero-order valence-electron chi connectivity index (χ0n) is 16.1. The maximum absolute atomic E-state index is 4.66. The first-order valence-electron chi connectivity index (χ1n) is 9.49. The third-order valence-electron chi connectivity index (χ3n) is 4.58. The fraction of sp³-hybridized carbons (Fsp3) is 0.300. The van der Waals surface area contributed by atoms with Gasteiger partial charge in [-0.25, -0.2) is 9.98 Å². The summed E-state index contributed by atoms with van der Waals surface area (Å²) in [5, 5.41) is 15.1. The highest BCUT2D eigenvalue weighted by atomic mass is 15.3. The predicted octanol–water partition coefficient (Wildman–Crippen LogP) is 2.14. The van der Waals surface area contributed by atoms with Gasteiger partial charge in [0, 0.05) is 25.8 Å². The maximum Gasteiger partial charge on any atom is 0.191 e. The second-order valence-corrected chi connectivity index (χ2v) is 6.47. The topological polar surface area (TPSA) is 84.4 Å². The maximum atomic E-state index is 4.66. The van der Waals surface area contributed by atoms with Gasteiger partial charge in [-0.15, -0.1) is 10.2 Å². The zero-order valence-corrected chi connectivity index (χ0v) is 16.1. The lowest BCUT2D eigenvalue weighted by molar-refractivity contribution is 0.659. The van der Waals surface area contributed by atoms with Gasteiger partial charge in [-0.05, 0) is 38.1 Å². The summed E-state index contributed by atoms with van der Waals surface area (Å²) in [5.41, 5.74) is 3.01. The average Bonchev–Trinajstić information content (AvgIpc) is 3.27. The molecular formula is C20H24N8. The van der Waals surface area contributed by atoms with Crippen LogP contribution in [0, 0.1) is 6.92 Å². The monoisotopic (exact) mass is 376 g/mol. The number of hydrogen-bond donors (Lipinski definition) is 2. The first kappa shape index (κ1) is 18.0. The molecule has 0 aliphatic rings. The fourth-order valence-corrected chi connectivity index (χ4v) is 3.25. The minimum Gasteiger partial charge on any atom is -0.357 e. The van der Waals surface area contributed by atoms with Crippen LogP contribution in [0.15, 0.2) is 53.7 Å². The van der Waals surface area contributed by atoms with Gasteiger partial charge in [0.2, 0.25) is 0 Å². The van der Waals surface area contributed by atoms with Crippen LogP contribution in [0.25, 0.3) is 16.7 Å². The molecule has 0 atom stereocenters. The Bertz CT molecular complexity index is 1110. The van der Waals surface area contributed by atoms with Crippen LogP contribution in [0.4, 0.5) is 0 Å². The molecule has 0 amide bonds. The van der Waals surface area contributed by atoms with Gasteiger partial charge in [-0.2, -0.15) is 0 Å². The molecule has 3 heterocycles. The number of nitrogens with zero attached hydrogens (tertiary/aromatic N) is 6.